The average molecular weight is 719 g/mol. The van der Waals surface area contributed by atoms with E-state index in [0.29, 0.717) is 51.6 Å². The van der Waals surface area contributed by atoms with Crippen molar-refractivity contribution in [3.05, 3.63) is 140 Å². The first-order chi connectivity index (χ1) is 24.7. The average Bonchev–Trinajstić information content (AvgIpc) is 3.14. The van der Waals surface area contributed by atoms with E-state index >= 15 is 0 Å². The highest BCUT2D eigenvalue weighted by molar-refractivity contribution is 8.00. The van der Waals surface area contributed by atoms with E-state index in [0.717, 1.165) is 22.3 Å². The molecule has 6 rings (SSSR count). The van der Waals surface area contributed by atoms with E-state index in [9.17, 15) is 19.2 Å². The molecule has 0 radical (unpaired) electrons. The third-order valence-corrected chi connectivity index (χ3v) is 10.3. The van der Waals surface area contributed by atoms with Gasteiger partial charge in [-0.2, -0.15) is 0 Å². The Bertz CT molecular complexity index is 2140. The predicted octanol–water partition coefficient (Wildman–Crippen LogP) is 5.63. The molecular weight excluding hydrogens is 681 g/mol. The van der Waals surface area contributed by atoms with Crippen LogP contribution >= 0.6 is 23.5 Å². The van der Waals surface area contributed by atoms with Crippen LogP contribution in [0.25, 0.3) is 21.8 Å². The lowest BCUT2D eigenvalue weighted by atomic mass is 10.1. The molecule has 10 nitrogen and oxygen atoms in total. The van der Waals surface area contributed by atoms with Crippen molar-refractivity contribution in [1.82, 2.24) is 29.7 Å². The van der Waals surface area contributed by atoms with E-state index in [-0.39, 0.29) is 47.5 Å². The minimum atomic E-state index is -0.216. The van der Waals surface area contributed by atoms with Crippen molar-refractivity contribution in [3.8, 4) is 0 Å². The number of nitrogens with one attached hydrogen (secondary N) is 2. The lowest BCUT2D eigenvalue weighted by molar-refractivity contribution is -0.119. The van der Waals surface area contributed by atoms with Gasteiger partial charge in [-0.05, 0) is 55.7 Å². The molecule has 2 amide bonds. The van der Waals surface area contributed by atoms with E-state index in [1.807, 2.05) is 74.5 Å². The Kier molecular flexibility index (Phi) is 11.6. The van der Waals surface area contributed by atoms with E-state index < -0.39 is 0 Å². The Morgan fingerprint density at radius 1 is 0.588 bits per heavy atom. The molecule has 0 aliphatic carbocycles. The smallest absolute Gasteiger partial charge is 0.262 e. The SMILES string of the molecule is Cc1ccc(CNC(=O)CSc2nc3ccccc3c(=O)n2CCCn2c(SCC(=O)NCc3ccc(C)cc3)nc3ccccc3c2=O)cc1. The maximum absolute atomic E-state index is 13.7. The van der Waals surface area contributed by atoms with E-state index in [4.69, 9.17) is 9.97 Å². The molecule has 2 aromatic heterocycles. The van der Waals surface area contributed by atoms with Crippen LogP contribution in [0.1, 0.15) is 28.7 Å². The van der Waals surface area contributed by atoms with Gasteiger partial charge in [-0.3, -0.25) is 28.3 Å². The maximum Gasteiger partial charge on any atom is 0.262 e. The van der Waals surface area contributed by atoms with Gasteiger partial charge in [0.05, 0.1) is 33.3 Å². The second-order valence-corrected chi connectivity index (χ2v) is 14.1. The number of para-hydroxylation sites is 2. The van der Waals surface area contributed by atoms with Crippen molar-refractivity contribution in [2.24, 2.45) is 0 Å². The highest BCUT2D eigenvalue weighted by atomic mass is 32.2. The molecular formula is C39H38N6O4S2. The predicted molar refractivity (Wildman–Crippen MR) is 204 cm³/mol. The second kappa shape index (κ2) is 16.7. The summed E-state index contributed by atoms with van der Waals surface area (Å²) in [6.45, 7) is 5.34. The molecule has 0 spiro atoms. The topological polar surface area (TPSA) is 128 Å². The van der Waals surface area contributed by atoms with E-state index in [1.165, 1.54) is 23.5 Å². The normalized spacial score (nSPS) is 11.2. The van der Waals surface area contributed by atoms with Crippen molar-refractivity contribution in [2.75, 3.05) is 11.5 Å². The van der Waals surface area contributed by atoms with Gasteiger partial charge >= 0.3 is 0 Å². The molecule has 51 heavy (non-hydrogen) atoms. The Balaban J connectivity index is 1.16. The van der Waals surface area contributed by atoms with Crippen LogP contribution in [0.15, 0.2) is 117 Å². The quantitative estimate of drug-likeness (QED) is 0.110. The van der Waals surface area contributed by atoms with Crippen molar-refractivity contribution in [1.29, 1.82) is 0 Å². The van der Waals surface area contributed by atoms with Gasteiger partial charge in [-0.1, -0.05) is 107 Å². The largest absolute Gasteiger partial charge is 0.351 e. The summed E-state index contributed by atoms with van der Waals surface area (Å²) in [6.07, 6.45) is 0.403. The minimum absolute atomic E-state index is 0.0808. The van der Waals surface area contributed by atoms with Crippen LogP contribution < -0.4 is 21.8 Å². The van der Waals surface area contributed by atoms with Crippen molar-refractivity contribution in [2.45, 2.75) is 56.8 Å². The van der Waals surface area contributed by atoms with Crippen LogP contribution in [-0.4, -0.2) is 42.4 Å². The van der Waals surface area contributed by atoms with E-state index in [1.54, 1.807) is 45.5 Å². The number of nitrogens with zero attached hydrogens (tertiary/aromatic N) is 4. The second-order valence-electron chi connectivity index (χ2n) is 12.2. The van der Waals surface area contributed by atoms with Crippen molar-refractivity contribution < 1.29 is 9.59 Å². The monoisotopic (exact) mass is 718 g/mol. The minimum Gasteiger partial charge on any atom is -0.351 e. The molecule has 0 unspecified atom stereocenters. The van der Waals surface area contributed by atoms with Gasteiger partial charge in [0.25, 0.3) is 11.1 Å². The van der Waals surface area contributed by atoms with Crippen LogP contribution in [0.4, 0.5) is 0 Å². The number of aromatic nitrogens is 4. The number of benzene rings is 4. The molecule has 0 saturated carbocycles. The molecule has 0 aliphatic heterocycles. The first kappa shape index (κ1) is 35.6. The lowest BCUT2D eigenvalue weighted by Crippen LogP contribution is -2.29. The molecule has 0 aliphatic rings. The molecule has 260 valence electrons. The van der Waals surface area contributed by atoms with Gasteiger partial charge < -0.3 is 10.6 Å². The van der Waals surface area contributed by atoms with Crippen LogP contribution in [0, 0.1) is 13.8 Å². The molecule has 4 aromatic carbocycles. The van der Waals surface area contributed by atoms with Crippen LogP contribution in [0.5, 0.6) is 0 Å². The summed E-state index contributed by atoms with van der Waals surface area (Å²) >= 11 is 2.40. The number of hydrogen-bond acceptors (Lipinski definition) is 8. The summed E-state index contributed by atoms with van der Waals surface area (Å²) in [6, 6.07) is 30.2. The third kappa shape index (κ3) is 9.13. The highest BCUT2D eigenvalue weighted by Crippen LogP contribution is 2.21. The van der Waals surface area contributed by atoms with Crippen LogP contribution in [0.2, 0.25) is 0 Å². The number of rotatable bonds is 14. The number of carbonyl (C=O) groups is 2. The van der Waals surface area contributed by atoms with Gasteiger partial charge in [-0.15, -0.1) is 0 Å². The van der Waals surface area contributed by atoms with Crippen LogP contribution in [0.3, 0.4) is 0 Å². The number of thioether (sulfide) groups is 2. The zero-order chi connectivity index (χ0) is 35.7. The van der Waals surface area contributed by atoms with E-state index in [2.05, 4.69) is 10.6 Å². The maximum atomic E-state index is 13.7. The molecule has 6 aromatic rings. The Morgan fingerprint density at radius 3 is 1.39 bits per heavy atom. The van der Waals surface area contributed by atoms with Gasteiger partial charge in [0.15, 0.2) is 10.3 Å². The summed E-state index contributed by atoms with van der Waals surface area (Å²) in [7, 11) is 0. The Morgan fingerprint density at radius 2 is 0.980 bits per heavy atom. The number of carbonyl (C=O) groups excluding carboxylic acids is 2. The zero-order valence-corrected chi connectivity index (χ0v) is 30.1. The third-order valence-electron chi connectivity index (χ3n) is 8.30. The van der Waals surface area contributed by atoms with Gasteiger partial charge in [0.1, 0.15) is 0 Å². The van der Waals surface area contributed by atoms with Gasteiger partial charge in [0, 0.05) is 26.2 Å². The summed E-state index contributed by atoms with van der Waals surface area (Å²) in [5.74, 6) is -0.185. The standard InChI is InChI=1S/C39H38N6O4S2/c1-26-12-16-28(17-13-26)22-40-34(46)24-50-38-42-32-10-5-3-8-30(32)36(48)44(38)20-7-21-45-37(49)31-9-4-6-11-33(31)43-39(45)51-25-35(47)41-23-29-18-14-27(2)15-19-29/h3-6,8-19H,7,20-25H2,1-2H3,(H,40,46)(H,41,47). The summed E-state index contributed by atoms with van der Waals surface area (Å²) < 4.78 is 3.15. The first-order valence-electron chi connectivity index (χ1n) is 16.6. The molecule has 2 N–H and O–H groups in total. The molecule has 0 bridgehead atoms. The number of amides is 2. The van der Waals surface area contributed by atoms with Crippen molar-refractivity contribution in [3.63, 3.8) is 0 Å². The molecule has 0 fully saturated rings. The van der Waals surface area contributed by atoms with Gasteiger partial charge in [0.2, 0.25) is 11.8 Å². The highest BCUT2D eigenvalue weighted by Gasteiger charge is 2.16. The molecule has 0 saturated heterocycles. The zero-order valence-electron chi connectivity index (χ0n) is 28.4. The molecule has 12 heteroatoms. The fourth-order valence-corrected chi connectivity index (χ4v) is 7.18. The lowest BCUT2D eigenvalue weighted by Gasteiger charge is -2.16. The summed E-state index contributed by atoms with van der Waals surface area (Å²) in [4.78, 5) is 62.6. The molecule has 2 heterocycles. The fraction of sp³-hybridized carbons (Fsp3) is 0.231. The fourth-order valence-electron chi connectivity index (χ4n) is 5.47. The number of fused-ring (bicyclic) bond motifs is 2. The summed E-state index contributed by atoms with van der Waals surface area (Å²) in [5.41, 5.74) is 4.96. The first-order valence-corrected chi connectivity index (χ1v) is 18.6. The van der Waals surface area contributed by atoms with Crippen LogP contribution in [-0.2, 0) is 35.8 Å². The molecule has 0 atom stereocenters. The Labute approximate surface area is 303 Å². The number of aryl methyl sites for hydroxylation is 2. The summed E-state index contributed by atoms with van der Waals surface area (Å²) in [5, 5.41) is 7.68. The van der Waals surface area contributed by atoms with Crippen molar-refractivity contribution >= 4 is 57.1 Å². The number of hydrogen-bond donors (Lipinski definition) is 2. The Hall–Kier alpha value is -5.20. The van der Waals surface area contributed by atoms with Gasteiger partial charge in [-0.25, -0.2) is 9.97 Å².